The molecule has 17 heavy (non-hydrogen) atoms. The van der Waals surface area contributed by atoms with Gasteiger partial charge in [-0.25, -0.2) is 8.42 Å². The lowest BCUT2D eigenvalue weighted by atomic mass is 10.0. The molecule has 1 atom stereocenters. The summed E-state index contributed by atoms with van der Waals surface area (Å²) in [5, 5.41) is 0. The van der Waals surface area contributed by atoms with Crippen LogP contribution in [0.25, 0.3) is 0 Å². The summed E-state index contributed by atoms with van der Waals surface area (Å²) in [4.78, 5) is 13.3. The molecule has 0 aliphatic carbocycles. The summed E-state index contributed by atoms with van der Waals surface area (Å²) >= 11 is 0. The van der Waals surface area contributed by atoms with Crippen LogP contribution < -0.4 is 4.90 Å². The highest BCUT2D eigenvalue weighted by Crippen LogP contribution is 2.36. The molecule has 0 N–H and O–H groups in total. The van der Waals surface area contributed by atoms with Crippen LogP contribution in [0.2, 0.25) is 0 Å². The highest BCUT2D eigenvalue weighted by Gasteiger charge is 2.31. The number of benzene rings is 1. The molecule has 0 saturated heterocycles. The molecular weight excluding hydrogens is 262 g/mol. The first kappa shape index (κ1) is 12.4. The third-order valence-corrected chi connectivity index (χ3v) is 3.97. The van der Waals surface area contributed by atoms with Crippen LogP contribution in [0.3, 0.4) is 0 Å². The van der Waals surface area contributed by atoms with Gasteiger partial charge in [-0.2, -0.15) is 0 Å². The van der Waals surface area contributed by atoms with Crippen LogP contribution >= 0.6 is 10.7 Å². The molecule has 1 aliphatic rings. The van der Waals surface area contributed by atoms with Gasteiger partial charge in [-0.05, 0) is 24.1 Å². The minimum atomic E-state index is -3.57. The van der Waals surface area contributed by atoms with E-state index >= 15 is 0 Å². The lowest BCUT2D eigenvalue weighted by Gasteiger charge is -2.09. The van der Waals surface area contributed by atoms with E-state index in [4.69, 9.17) is 10.7 Å². The van der Waals surface area contributed by atoms with E-state index in [0.29, 0.717) is 5.56 Å². The van der Waals surface area contributed by atoms with Crippen LogP contribution in [0.1, 0.15) is 24.0 Å². The lowest BCUT2D eigenvalue weighted by Crippen LogP contribution is -2.22. The van der Waals surface area contributed by atoms with Gasteiger partial charge in [0.25, 0.3) is 0 Å². The molecule has 1 unspecified atom stereocenters. The average Bonchev–Trinajstić information content (AvgIpc) is 2.42. The van der Waals surface area contributed by atoms with Gasteiger partial charge >= 0.3 is 0 Å². The largest absolute Gasteiger partial charge is 0.315 e. The smallest absolute Gasteiger partial charge is 0.236 e. The van der Waals surface area contributed by atoms with Gasteiger partial charge in [0.1, 0.15) is 0 Å². The Bertz CT molecular complexity index is 582. The molecule has 0 bridgehead atoms. The van der Waals surface area contributed by atoms with E-state index in [2.05, 4.69) is 0 Å². The van der Waals surface area contributed by atoms with E-state index in [-0.39, 0.29) is 17.6 Å². The highest BCUT2D eigenvalue weighted by atomic mass is 35.7. The van der Waals surface area contributed by atoms with Gasteiger partial charge in [0.2, 0.25) is 15.0 Å². The molecule has 0 spiro atoms. The predicted octanol–water partition coefficient (Wildman–Crippen LogP) is 1.84. The van der Waals surface area contributed by atoms with Gasteiger partial charge in [-0.1, -0.05) is 12.1 Å². The summed E-state index contributed by atoms with van der Waals surface area (Å²) in [6.07, 6.45) is 0. The fourth-order valence-electron chi connectivity index (χ4n) is 2.09. The number of carbonyl (C=O) groups excluding carboxylic acids is 1. The summed E-state index contributed by atoms with van der Waals surface area (Å²) < 4.78 is 22.0. The van der Waals surface area contributed by atoms with E-state index < -0.39 is 9.05 Å². The quantitative estimate of drug-likeness (QED) is 0.773. The van der Waals surface area contributed by atoms with Gasteiger partial charge in [0.05, 0.1) is 11.7 Å². The Morgan fingerprint density at radius 2 is 2.06 bits per heavy atom. The maximum Gasteiger partial charge on any atom is 0.236 e. The third-order valence-electron chi connectivity index (χ3n) is 2.96. The second-order valence-corrected chi connectivity index (χ2v) is 6.97. The molecular formula is C11H12ClNO3S. The van der Waals surface area contributed by atoms with Gasteiger partial charge in [0, 0.05) is 23.4 Å². The maximum absolute atomic E-state index is 11.7. The van der Waals surface area contributed by atoms with Crippen LogP contribution in [0, 0.1) is 0 Å². The van der Waals surface area contributed by atoms with E-state index in [0.717, 1.165) is 11.3 Å². The van der Waals surface area contributed by atoms with Crippen LogP contribution in [0.15, 0.2) is 18.2 Å². The predicted molar refractivity (Wildman–Crippen MR) is 66.7 cm³/mol. The zero-order chi connectivity index (χ0) is 12.8. The Balaban J connectivity index is 2.43. The summed E-state index contributed by atoms with van der Waals surface area (Å²) in [5.41, 5.74) is 2.29. The zero-order valence-corrected chi connectivity index (χ0v) is 11.0. The first-order valence-electron chi connectivity index (χ1n) is 5.12. The summed E-state index contributed by atoms with van der Waals surface area (Å²) in [5.74, 6) is -0.425. The van der Waals surface area contributed by atoms with Crippen molar-refractivity contribution in [2.75, 3.05) is 11.9 Å². The lowest BCUT2D eigenvalue weighted by molar-refractivity contribution is -0.118. The number of fused-ring (bicyclic) bond motifs is 1. The van der Waals surface area contributed by atoms with Crippen LogP contribution in [0.4, 0.5) is 5.69 Å². The Morgan fingerprint density at radius 3 is 2.65 bits per heavy atom. The molecule has 2 rings (SSSR count). The normalized spacial score (nSPS) is 19.6. The first-order valence-corrected chi connectivity index (χ1v) is 7.60. The van der Waals surface area contributed by atoms with Gasteiger partial charge in [0.15, 0.2) is 0 Å². The Labute approximate surface area is 105 Å². The minimum Gasteiger partial charge on any atom is -0.315 e. The first-order chi connectivity index (χ1) is 7.79. The Hall–Kier alpha value is -1.07. The zero-order valence-electron chi connectivity index (χ0n) is 9.47. The van der Waals surface area contributed by atoms with Gasteiger partial charge < -0.3 is 4.90 Å². The number of amides is 1. The van der Waals surface area contributed by atoms with Crippen LogP contribution in [0.5, 0.6) is 0 Å². The summed E-state index contributed by atoms with van der Waals surface area (Å²) in [6, 6.07) is 5.18. The Kier molecular flexibility index (Phi) is 2.91. The molecule has 0 saturated carbocycles. The Morgan fingerprint density at radius 1 is 1.41 bits per heavy atom. The fraction of sp³-hybridized carbons (Fsp3) is 0.364. The molecule has 0 fully saturated rings. The third kappa shape index (κ3) is 2.30. The topological polar surface area (TPSA) is 54.5 Å². The van der Waals surface area contributed by atoms with Crippen molar-refractivity contribution in [3.63, 3.8) is 0 Å². The number of carbonyl (C=O) groups is 1. The van der Waals surface area contributed by atoms with Crippen molar-refractivity contribution in [2.45, 2.75) is 18.6 Å². The van der Waals surface area contributed by atoms with Crippen molar-refractivity contribution in [1.82, 2.24) is 0 Å². The molecule has 92 valence electrons. The van der Waals surface area contributed by atoms with E-state index in [9.17, 15) is 13.2 Å². The molecule has 1 heterocycles. The number of likely N-dealkylation sites (N-methyl/N-ethyl adjacent to an activating group) is 1. The van der Waals surface area contributed by atoms with Crippen molar-refractivity contribution in [3.8, 4) is 0 Å². The van der Waals surface area contributed by atoms with Crippen molar-refractivity contribution >= 4 is 31.3 Å². The molecule has 1 aromatic carbocycles. The van der Waals surface area contributed by atoms with E-state index in [1.807, 2.05) is 6.92 Å². The van der Waals surface area contributed by atoms with Crippen molar-refractivity contribution in [3.05, 3.63) is 29.3 Å². The SMILES string of the molecule is CC1C(=O)N(C)c2ccc(CS(=O)(=O)Cl)cc21. The van der Waals surface area contributed by atoms with Crippen LogP contribution in [-0.4, -0.2) is 21.4 Å². The molecule has 4 nitrogen and oxygen atoms in total. The molecule has 6 heteroatoms. The average molecular weight is 274 g/mol. The monoisotopic (exact) mass is 273 g/mol. The number of nitrogens with zero attached hydrogens (tertiary/aromatic N) is 1. The number of hydrogen-bond donors (Lipinski definition) is 0. The second-order valence-electron chi connectivity index (χ2n) is 4.20. The van der Waals surface area contributed by atoms with Gasteiger partial charge in [-0.3, -0.25) is 4.79 Å². The maximum atomic E-state index is 11.7. The fourth-order valence-corrected chi connectivity index (χ4v) is 3.04. The van der Waals surface area contributed by atoms with E-state index in [1.165, 1.54) is 0 Å². The van der Waals surface area contributed by atoms with Crippen LogP contribution in [-0.2, 0) is 19.6 Å². The molecule has 1 amide bonds. The van der Waals surface area contributed by atoms with Crippen molar-refractivity contribution in [1.29, 1.82) is 0 Å². The number of hydrogen-bond acceptors (Lipinski definition) is 3. The molecule has 1 aromatic rings. The number of rotatable bonds is 2. The van der Waals surface area contributed by atoms with E-state index in [1.54, 1.807) is 30.1 Å². The number of halogens is 1. The highest BCUT2D eigenvalue weighted by molar-refractivity contribution is 8.13. The summed E-state index contributed by atoms with van der Waals surface area (Å²) in [6.45, 7) is 1.81. The standard InChI is InChI=1S/C11H12ClNO3S/c1-7-9-5-8(6-17(12,15)16)3-4-10(9)13(2)11(7)14/h3-5,7H,6H2,1-2H3. The minimum absolute atomic E-state index is 0.0193. The second kappa shape index (κ2) is 3.99. The van der Waals surface area contributed by atoms with Gasteiger partial charge in [-0.15, -0.1) is 0 Å². The number of anilines is 1. The molecule has 0 radical (unpaired) electrons. The molecule has 0 aromatic heterocycles. The van der Waals surface area contributed by atoms with Crippen molar-refractivity contribution in [2.24, 2.45) is 0 Å². The molecule has 1 aliphatic heterocycles. The van der Waals surface area contributed by atoms with Crippen molar-refractivity contribution < 1.29 is 13.2 Å². The summed E-state index contributed by atoms with van der Waals surface area (Å²) in [7, 11) is 3.35.